The van der Waals surface area contributed by atoms with Gasteiger partial charge >= 0.3 is 0 Å². The van der Waals surface area contributed by atoms with Crippen LogP contribution in [-0.4, -0.2) is 12.2 Å². The van der Waals surface area contributed by atoms with E-state index in [-0.39, 0.29) is 5.75 Å². The smallest absolute Gasteiger partial charge is 0.160 e. The van der Waals surface area contributed by atoms with E-state index in [4.69, 9.17) is 4.74 Å². The molecule has 0 bridgehead atoms. The molecular formula is C16H12FNO2. The van der Waals surface area contributed by atoms with Crippen molar-refractivity contribution in [3.8, 4) is 17.6 Å². The Bertz CT molecular complexity index is 702. The third-order valence-corrected chi connectivity index (χ3v) is 2.77. The van der Waals surface area contributed by atoms with Gasteiger partial charge in [-0.05, 0) is 41.5 Å². The summed E-state index contributed by atoms with van der Waals surface area (Å²) in [4.78, 5) is 0. The number of hydrogen-bond acceptors (Lipinski definition) is 3. The summed E-state index contributed by atoms with van der Waals surface area (Å²) in [6.45, 7) is 0. The summed E-state index contributed by atoms with van der Waals surface area (Å²) in [5.41, 5.74) is 1.43. The van der Waals surface area contributed by atoms with Gasteiger partial charge in [-0.25, -0.2) is 4.39 Å². The minimum absolute atomic E-state index is 0.0159. The van der Waals surface area contributed by atoms with Gasteiger partial charge in [0.15, 0.2) is 11.5 Å². The van der Waals surface area contributed by atoms with Crippen LogP contribution in [0.2, 0.25) is 0 Å². The minimum Gasteiger partial charge on any atom is -0.504 e. The zero-order chi connectivity index (χ0) is 14.5. The van der Waals surface area contributed by atoms with Gasteiger partial charge in [-0.15, -0.1) is 0 Å². The maximum atomic E-state index is 13.2. The second kappa shape index (κ2) is 5.89. The zero-order valence-corrected chi connectivity index (χ0v) is 10.8. The van der Waals surface area contributed by atoms with Crippen molar-refractivity contribution in [1.29, 1.82) is 5.26 Å². The van der Waals surface area contributed by atoms with E-state index < -0.39 is 5.82 Å². The van der Waals surface area contributed by atoms with Crippen molar-refractivity contribution in [1.82, 2.24) is 0 Å². The van der Waals surface area contributed by atoms with E-state index in [0.29, 0.717) is 22.4 Å². The van der Waals surface area contributed by atoms with Crippen LogP contribution in [0, 0.1) is 17.1 Å². The first-order chi connectivity index (χ1) is 9.63. The number of methoxy groups -OCH3 is 1. The predicted octanol–water partition coefficient (Wildman–Crippen LogP) is 3.60. The summed E-state index contributed by atoms with van der Waals surface area (Å²) >= 11 is 0. The van der Waals surface area contributed by atoms with Crippen LogP contribution < -0.4 is 4.74 Å². The number of benzene rings is 2. The number of nitrogens with zero attached hydrogens (tertiary/aromatic N) is 1. The maximum Gasteiger partial charge on any atom is 0.160 e. The first-order valence-electron chi connectivity index (χ1n) is 5.89. The number of nitriles is 1. The highest BCUT2D eigenvalue weighted by Gasteiger charge is 2.05. The van der Waals surface area contributed by atoms with E-state index in [1.54, 1.807) is 30.3 Å². The maximum absolute atomic E-state index is 13.2. The minimum atomic E-state index is -0.402. The monoisotopic (exact) mass is 269 g/mol. The van der Waals surface area contributed by atoms with Crippen LogP contribution in [0.1, 0.15) is 11.1 Å². The van der Waals surface area contributed by atoms with Crippen LogP contribution in [0.15, 0.2) is 42.5 Å². The molecule has 2 aromatic rings. The lowest BCUT2D eigenvalue weighted by atomic mass is 10.0. The van der Waals surface area contributed by atoms with Gasteiger partial charge in [0.25, 0.3) is 0 Å². The summed E-state index contributed by atoms with van der Waals surface area (Å²) in [6.07, 6.45) is 1.58. The molecule has 0 aliphatic carbocycles. The Morgan fingerprint density at radius 1 is 1.30 bits per heavy atom. The third kappa shape index (κ3) is 2.96. The molecule has 0 aliphatic heterocycles. The van der Waals surface area contributed by atoms with E-state index in [9.17, 15) is 14.8 Å². The van der Waals surface area contributed by atoms with Crippen LogP contribution >= 0.6 is 0 Å². The molecule has 3 nitrogen and oxygen atoms in total. The van der Waals surface area contributed by atoms with Gasteiger partial charge in [0.05, 0.1) is 18.8 Å². The summed E-state index contributed by atoms with van der Waals surface area (Å²) in [6, 6.07) is 12.6. The van der Waals surface area contributed by atoms with Gasteiger partial charge in [-0.3, -0.25) is 0 Å². The average molecular weight is 269 g/mol. The van der Waals surface area contributed by atoms with Crippen LogP contribution in [0.3, 0.4) is 0 Å². The lowest BCUT2D eigenvalue weighted by Crippen LogP contribution is -1.86. The second-order valence-electron chi connectivity index (χ2n) is 4.11. The fourth-order valence-corrected chi connectivity index (χ4v) is 1.80. The molecule has 2 rings (SSSR count). The van der Waals surface area contributed by atoms with E-state index in [1.165, 1.54) is 25.3 Å². The number of ether oxygens (including phenoxy) is 1. The van der Waals surface area contributed by atoms with Crippen molar-refractivity contribution >= 4 is 11.6 Å². The Morgan fingerprint density at radius 3 is 2.70 bits per heavy atom. The Labute approximate surface area is 116 Å². The molecule has 0 saturated heterocycles. The Kier molecular flexibility index (Phi) is 4.02. The van der Waals surface area contributed by atoms with E-state index >= 15 is 0 Å². The topological polar surface area (TPSA) is 53.2 Å². The van der Waals surface area contributed by atoms with Crippen LogP contribution in [0.25, 0.3) is 11.6 Å². The summed E-state index contributed by atoms with van der Waals surface area (Å²) in [5, 5.41) is 18.9. The van der Waals surface area contributed by atoms with E-state index in [1.807, 2.05) is 6.07 Å². The zero-order valence-electron chi connectivity index (χ0n) is 10.8. The fourth-order valence-electron chi connectivity index (χ4n) is 1.80. The van der Waals surface area contributed by atoms with Crippen LogP contribution in [0.4, 0.5) is 4.39 Å². The van der Waals surface area contributed by atoms with Crippen molar-refractivity contribution in [3.05, 3.63) is 59.4 Å². The van der Waals surface area contributed by atoms with Gasteiger partial charge < -0.3 is 9.84 Å². The molecule has 0 aliphatic rings. The first-order valence-corrected chi connectivity index (χ1v) is 5.89. The van der Waals surface area contributed by atoms with Gasteiger partial charge in [0.1, 0.15) is 5.82 Å². The third-order valence-electron chi connectivity index (χ3n) is 2.77. The highest BCUT2D eigenvalue weighted by Crippen LogP contribution is 2.28. The quantitative estimate of drug-likeness (QED) is 0.684. The largest absolute Gasteiger partial charge is 0.504 e. The molecule has 0 amide bonds. The number of phenolic OH excluding ortho intramolecular Hbond substituents is 1. The highest BCUT2D eigenvalue weighted by molar-refractivity contribution is 5.89. The summed E-state index contributed by atoms with van der Waals surface area (Å²) < 4.78 is 18.1. The standard InChI is InChI=1S/C16H12FNO2/c1-20-16-6-5-11(8-15(16)19)7-13(10-18)12-3-2-4-14(17)9-12/h2-9,19H,1H3/b13-7-. The van der Waals surface area contributed by atoms with Crippen LogP contribution in [0.5, 0.6) is 11.5 Å². The lowest BCUT2D eigenvalue weighted by molar-refractivity contribution is 0.373. The van der Waals surface area contributed by atoms with Crippen molar-refractivity contribution in [2.45, 2.75) is 0 Å². The lowest BCUT2D eigenvalue weighted by Gasteiger charge is -2.04. The molecule has 0 saturated carbocycles. The second-order valence-corrected chi connectivity index (χ2v) is 4.11. The molecule has 0 aromatic heterocycles. The van der Waals surface area contributed by atoms with Crippen molar-refractivity contribution in [2.24, 2.45) is 0 Å². The molecule has 4 heteroatoms. The number of rotatable bonds is 3. The molecular weight excluding hydrogens is 257 g/mol. The highest BCUT2D eigenvalue weighted by atomic mass is 19.1. The van der Waals surface area contributed by atoms with Gasteiger partial charge in [0, 0.05) is 0 Å². The number of hydrogen-bond donors (Lipinski definition) is 1. The number of aromatic hydroxyl groups is 1. The Hall–Kier alpha value is -2.80. The molecule has 2 aromatic carbocycles. The average Bonchev–Trinajstić information content (AvgIpc) is 2.45. The Balaban J connectivity index is 2.42. The van der Waals surface area contributed by atoms with Gasteiger partial charge in [-0.2, -0.15) is 5.26 Å². The normalized spacial score (nSPS) is 10.9. The van der Waals surface area contributed by atoms with Crippen molar-refractivity contribution < 1.29 is 14.2 Å². The van der Waals surface area contributed by atoms with Crippen molar-refractivity contribution in [2.75, 3.05) is 7.11 Å². The van der Waals surface area contributed by atoms with Gasteiger partial charge in [0.2, 0.25) is 0 Å². The molecule has 0 unspecified atom stereocenters. The predicted molar refractivity (Wildman–Crippen MR) is 74.5 cm³/mol. The summed E-state index contributed by atoms with van der Waals surface area (Å²) in [5.74, 6) is -0.0644. The molecule has 20 heavy (non-hydrogen) atoms. The molecule has 0 heterocycles. The SMILES string of the molecule is COc1ccc(/C=C(/C#N)c2cccc(F)c2)cc1O. The molecule has 0 atom stereocenters. The molecule has 0 spiro atoms. The number of phenols is 1. The number of allylic oxidation sites excluding steroid dienone is 1. The molecule has 100 valence electrons. The van der Waals surface area contributed by atoms with Crippen LogP contribution in [-0.2, 0) is 0 Å². The van der Waals surface area contributed by atoms with Crippen molar-refractivity contribution in [3.63, 3.8) is 0 Å². The Morgan fingerprint density at radius 2 is 2.10 bits per heavy atom. The van der Waals surface area contributed by atoms with E-state index in [2.05, 4.69) is 0 Å². The molecule has 0 fully saturated rings. The number of halogens is 1. The fraction of sp³-hybridized carbons (Fsp3) is 0.0625. The first kappa shape index (κ1) is 13.6. The van der Waals surface area contributed by atoms with Gasteiger partial charge in [-0.1, -0.05) is 18.2 Å². The molecule has 1 N–H and O–H groups in total. The molecule has 0 radical (unpaired) electrons. The summed E-state index contributed by atoms with van der Waals surface area (Å²) in [7, 11) is 1.46. The van der Waals surface area contributed by atoms with E-state index in [0.717, 1.165) is 0 Å².